The molecule has 0 saturated carbocycles. The van der Waals surface area contributed by atoms with Crippen LogP contribution < -0.4 is 0 Å². The fourth-order valence-corrected chi connectivity index (χ4v) is 0. The molecule has 0 amide bonds. The van der Waals surface area contributed by atoms with Crippen LogP contribution in [0.5, 0.6) is 0 Å². The van der Waals surface area contributed by atoms with Gasteiger partial charge in [-0.3, -0.25) is 4.79 Å². The fraction of sp³-hybridized carbons (Fsp3) is 0.500. The Morgan fingerprint density at radius 3 is 1.40 bits per heavy atom. The van der Waals surface area contributed by atoms with Crippen LogP contribution in [0.25, 0.3) is 0 Å². The van der Waals surface area contributed by atoms with Gasteiger partial charge in [0.15, 0.2) is 6.29 Å². The van der Waals surface area contributed by atoms with Gasteiger partial charge in [0.2, 0.25) is 0 Å². The molecule has 0 aromatic heterocycles. The van der Waals surface area contributed by atoms with Crippen molar-refractivity contribution in [1.29, 1.82) is 0 Å². The normalized spacial score (nSPS) is 2.60. The molecular weight excluding hydrogens is 86.0 g/mol. The molecule has 3 heteroatoms. The van der Waals surface area contributed by atoms with Gasteiger partial charge in [0.25, 0.3) is 0 Å². The molecule has 1 radical (unpaired) electrons. The number of rotatable bonds is 0. The molecule has 5 heavy (non-hydrogen) atoms. The first-order chi connectivity index (χ1) is 1.41. The molecule has 0 aliphatic heterocycles. The van der Waals surface area contributed by atoms with Crippen LogP contribution in [0, 0.1) is 0 Å². The van der Waals surface area contributed by atoms with Gasteiger partial charge in [-0.1, -0.05) is 0 Å². The molecule has 0 aromatic rings. The Balaban J connectivity index is -0.0000000200. The third kappa shape index (κ3) is 27.4. The Hall–Kier alpha value is 1.67. The molecule has 0 fully saturated rings. The second kappa shape index (κ2) is 17.3. The molecule has 0 bridgehead atoms. The molecule has 0 spiro atoms. The summed E-state index contributed by atoms with van der Waals surface area (Å²) in [5.74, 6) is 0. The van der Waals surface area contributed by atoms with Crippen molar-refractivity contribution in [2.24, 2.45) is 0 Å². The van der Waals surface area contributed by atoms with E-state index in [2.05, 4.69) is 0 Å². The van der Waals surface area contributed by atoms with Crippen LogP contribution in [0.4, 0.5) is 0 Å². The quantitative estimate of drug-likeness (QED) is 0.343. The van der Waals surface area contributed by atoms with E-state index in [0.29, 0.717) is 0 Å². The Bertz CT molecular complexity index is 15.1. The van der Waals surface area contributed by atoms with Gasteiger partial charge in [0, 0.05) is 6.92 Å². The molecule has 0 heterocycles. The first-order valence-electron chi connectivity index (χ1n) is 0.704. The van der Waals surface area contributed by atoms with E-state index >= 15 is 0 Å². The average molecular weight is 91.0 g/mol. The van der Waals surface area contributed by atoms with Crippen molar-refractivity contribution in [2.75, 3.05) is 0 Å². The van der Waals surface area contributed by atoms with E-state index in [1.807, 2.05) is 0 Å². The molecule has 0 atom stereocenters. The van der Waals surface area contributed by atoms with Crippen molar-refractivity contribution >= 4 is 65.4 Å². The predicted octanol–water partition coefficient (Wildman–Crippen LogP) is -1.18. The topological polar surface area (TPSA) is 17.1 Å². The number of hydrogen-bond donors (Lipinski definition) is 0. The Morgan fingerprint density at radius 2 is 1.40 bits per heavy atom. The minimum absolute atomic E-state index is 0. The van der Waals surface area contributed by atoms with Gasteiger partial charge in [-0.15, -0.1) is 0 Å². The van der Waals surface area contributed by atoms with Crippen LogP contribution >= 0.6 is 0 Å². The summed E-state index contributed by atoms with van der Waals surface area (Å²) in [6.07, 6.45) is 1.50. The van der Waals surface area contributed by atoms with Crippen LogP contribution in [-0.2, 0) is 4.79 Å². The molecule has 0 aliphatic carbocycles. The summed E-state index contributed by atoms with van der Waals surface area (Å²) in [5.41, 5.74) is 0. The first-order valence-corrected chi connectivity index (χ1v) is 0.704. The van der Waals surface area contributed by atoms with E-state index in [0.717, 1.165) is 0 Å². The Morgan fingerprint density at radius 1 is 1.40 bits per heavy atom. The predicted molar refractivity (Wildman–Crippen MR) is 25.7 cm³/mol. The van der Waals surface area contributed by atoms with Gasteiger partial charge in [-0.25, -0.2) is 0 Å². The van der Waals surface area contributed by atoms with Gasteiger partial charge in [0.1, 0.15) is 0 Å². The van der Waals surface area contributed by atoms with Crippen molar-refractivity contribution in [2.45, 2.75) is 6.92 Å². The van der Waals surface area contributed by atoms with Crippen molar-refractivity contribution in [3.63, 3.8) is 0 Å². The summed E-state index contributed by atoms with van der Waals surface area (Å²) in [6.45, 7) is 1.32. The second-order valence-electron chi connectivity index (χ2n) is 0.204. The Kier molecular flexibility index (Phi) is 55.2. The maximum atomic E-state index is 8.68. The average Bonchev–Trinajstić information content (AvgIpc) is 0.918. The summed E-state index contributed by atoms with van der Waals surface area (Å²) in [5, 5.41) is 0. The van der Waals surface area contributed by atoms with Crippen LogP contribution in [-0.4, -0.2) is 65.4 Å². The van der Waals surface area contributed by atoms with Crippen LogP contribution in [0.1, 0.15) is 6.92 Å². The van der Waals surface area contributed by atoms with Crippen LogP contribution in [0.3, 0.4) is 0 Å². The van der Waals surface area contributed by atoms with Crippen molar-refractivity contribution in [3.05, 3.63) is 0 Å². The summed E-state index contributed by atoms with van der Waals surface area (Å²) < 4.78 is 0. The molecule has 0 rings (SSSR count). The zero-order valence-electron chi connectivity index (χ0n) is 1.91. The fourth-order valence-electron chi connectivity index (χ4n) is 0. The monoisotopic (exact) mass is 91.0 g/mol. The molecule has 1 nitrogen and oxygen atoms in total. The van der Waals surface area contributed by atoms with Gasteiger partial charge in [0.05, 0.1) is 0 Å². The summed E-state index contributed by atoms with van der Waals surface area (Å²) in [4.78, 5) is 8.68. The zero-order chi connectivity index (χ0) is 2.71. The SMILES string of the molecule is C[C]=O.[NaH].[NaH]. The Labute approximate surface area is 76.1 Å². The van der Waals surface area contributed by atoms with Gasteiger partial charge < -0.3 is 0 Å². The molecular formula is C2H5Na2O. The number of carbonyl (C=O) groups excluding carboxylic acids is 1. The summed E-state index contributed by atoms with van der Waals surface area (Å²) in [7, 11) is 0. The molecule has 21 valence electrons. The van der Waals surface area contributed by atoms with Gasteiger partial charge in [-0.2, -0.15) is 0 Å². The number of hydrogen-bond acceptors (Lipinski definition) is 1. The van der Waals surface area contributed by atoms with Crippen LogP contribution in [0.2, 0.25) is 0 Å². The van der Waals surface area contributed by atoms with Crippen LogP contribution in [0.15, 0.2) is 0 Å². The summed E-state index contributed by atoms with van der Waals surface area (Å²) in [6, 6.07) is 0. The van der Waals surface area contributed by atoms with Crippen molar-refractivity contribution in [1.82, 2.24) is 0 Å². The second-order valence-corrected chi connectivity index (χ2v) is 0.204. The van der Waals surface area contributed by atoms with E-state index in [9.17, 15) is 0 Å². The molecule has 0 aliphatic rings. The first kappa shape index (κ1) is 15.9. The van der Waals surface area contributed by atoms with Crippen molar-refractivity contribution in [3.8, 4) is 0 Å². The standard InChI is InChI=1S/C2H3O.2Na.2H/c1-2-3;;;;/h1H3;;;;. The van der Waals surface area contributed by atoms with E-state index < -0.39 is 0 Å². The summed E-state index contributed by atoms with van der Waals surface area (Å²) >= 11 is 0. The maximum absolute atomic E-state index is 8.68. The van der Waals surface area contributed by atoms with Crippen molar-refractivity contribution < 1.29 is 4.79 Å². The molecule has 0 aromatic carbocycles. The third-order valence-corrected chi connectivity index (χ3v) is 0. The molecule has 0 unspecified atom stereocenters. The van der Waals surface area contributed by atoms with E-state index in [-0.39, 0.29) is 59.1 Å². The molecule has 0 N–H and O–H groups in total. The zero-order valence-corrected chi connectivity index (χ0v) is 1.91. The minimum atomic E-state index is 0. The molecule has 0 saturated heterocycles. The van der Waals surface area contributed by atoms with E-state index in [1.165, 1.54) is 13.2 Å². The van der Waals surface area contributed by atoms with E-state index in [1.54, 1.807) is 0 Å². The van der Waals surface area contributed by atoms with E-state index in [4.69, 9.17) is 4.79 Å². The third-order valence-electron chi connectivity index (χ3n) is 0. The van der Waals surface area contributed by atoms with Gasteiger partial charge in [-0.05, 0) is 0 Å². The van der Waals surface area contributed by atoms with Gasteiger partial charge >= 0.3 is 59.1 Å².